The fraction of sp³-hybridized carbons (Fsp3) is 0.333. The normalized spacial score (nSPS) is 17.2. The quantitative estimate of drug-likeness (QED) is 0.615. The molecule has 1 heterocycles. The Hall–Kier alpha value is -0.990. The molecule has 0 bridgehead atoms. The van der Waals surface area contributed by atoms with Crippen molar-refractivity contribution in [1.82, 2.24) is 0 Å². The molecule has 21 heavy (non-hydrogen) atoms. The lowest BCUT2D eigenvalue weighted by Crippen LogP contribution is -2.18. The standard InChI is InChI=1S/C18H18BrClO/c1-11-13(5-4-6-15(11)19)17(20)12-7-8-16-14(9-12)18(2,3)10-21-16/h4-9,17H,10H2,1-3H3. The van der Waals surface area contributed by atoms with Gasteiger partial charge in [0.1, 0.15) is 5.75 Å². The second-order valence-corrected chi connectivity index (χ2v) is 7.54. The highest BCUT2D eigenvalue weighted by molar-refractivity contribution is 9.10. The fourth-order valence-electron chi connectivity index (χ4n) is 2.77. The van der Waals surface area contributed by atoms with Crippen LogP contribution in [0.15, 0.2) is 40.9 Å². The second kappa shape index (κ2) is 5.33. The number of halogens is 2. The summed E-state index contributed by atoms with van der Waals surface area (Å²) in [5.74, 6) is 0.985. The third kappa shape index (κ3) is 2.60. The highest BCUT2D eigenvalue weighted by Gasteiger charge is 2.32. The van der Waals surface area contributed by atoms with Gasteiger partial charge in [-0.15, -0.1) is 11.6 Å². The summed E-state index contributed by atoms with van der Waals surface area (Å²) in [6.45, 7) is 7.23. The Morgan fingerprint density at radius 3 is 2.76 bits per heavy atom. The molecule has 3 rings (SSSR count). The maximum Gasteiger partial charge on any atom is 0.123 e. The average molecular weight is 366 g/mol. The lowest BCUT2D eigenvalue weighted by molar-refractivity contribution is 0.291. The molecule has 1 aliphatic heterocycles. The minimum atomic E-state index is -0.149. The van der Waals surface area contributed by atoms with Crippen LogP contribution < -0.4 is 4.74 Å². The Morgan fingerprint density at radius 1 is 1.24 bits per heavy atom. The van der Waals surface area contributed by atoms with Gasteiger partial charge < -0.3 is 4.74 Å². The second-order valence-electron chi connectivity index (χ2n) is 6.24. The van der Waals surface area contributed by atoms with Crippen LogP contribution >= 0.6 is 27.5 Å². The lowest BCUT2D eigenvalue weighted by atomic mass is 9.85. The van der Waals surface area contributed by atoms with E-state index in [4.69, 9.17) is 16.3 Å². The molecule has 0 spiro atoms. The molecular formula is C18H18BrClO. The van der Waals surface area contributed by atoms with E-state index in [-0.39, 0.29) is 10.8 Å². The van der Waals surface area contributed by atoms with Gasteiger partial charge in [0.25, 0.3) is 0 Å². The number of hydrogen-bond donors (Lipinski definition) is 0. The van der Waals surface area contributed by atoms with Crippen molar-refractivity contribution >= 4 is 27.5 Å². The predicted molar refractivity (Wildman–Crippen MR) is 91.5 cm³/mol. The van der Waals surface area contributed by atoms with Crippen LogP contribution in [0.2, 0.25) is 0 Å². The van der Waals surface area contributed by atoms with E-state index in [1.54, 1.807) is 0 Å². The number of hydrogen-bond acceptors (Lipinski definition) is 1. The van der Waals surface area contributed by atoms with E-state index in [0.717, 1.165) is 28.0 Å². The summed E-state index contributed by atoms with van der Waals surface area (Å²) in [5.41, 5.74) is 4.75. The van der Waals surface area contributed by atoms with E-state index in [2.05, 4.69) is 54.9 Å². The molecule has 1 aliphatic rings. The average Bonchev–Trinajstić information content (AvgIpc) is 2.76. The third-order valence-corrected chi connectivity index (χ3v) is 5.54. The van der Waals surface area contributed by atoms with Gasteiger partial charge in [0, 0.05) is 15.5 Å². The van der Waals surface area contributed by atoms with E-state index in [1.807, 2.05) is 18.2 Å². The first-order valence-electron chi connectivity index (χ1n) is 7.06. The molecule has 3 heteroatoms. The molecule has 0 aliphatic carbocycles. The van der Waals surface area contributed by atoms with Crippen molar-refractivity contribution in [1.29, 1.82) is 0 Å². The van der Waals surface area contributed by atoms with Gasteiger partial charge in [-0.05, 0) is 41.8 Å². The number of fused-ring (bicyclic) bond motifs is 1. The first-order valence-corrected chi connectivity index (χ1v) is 8.29. The topological polar surface area (TPSA) is 9.23 Å². The molecule has 1 unspecified atom stereocenters. The summed E-state index contributed by atoms with van der Waals surface area (Å²) in [6.07, 6.45) is 0. The van der Waals surface area contributed by atoms with Crippen LogP contribution in [0.5, 0.6) is 5.75 Å². The fourth-order valence-corrected chi connectivity index (χ4v) is 3.53. The van der Waals surface area contributed by atoms with Gasteiger partial charge in [-0.1, -0.05) is 48.0 Å². The number of alkyl halides is 1. The third-order valence-electron chi connectivity index (χ3n) is 4.20. The molecular weight excluding hydrogens is 348 g/mol. The molecule has 0 aromatic heterocycles. The first kappa shape index (κ1) is 14.9. The summed E-state index contributed by atoms with van der Waals surface area (Å²) in [4.78, 5) is 0. The zero-order chi connectivity index (χ0) is 15.2. The molecule has 1 atom stereocenters. The summed E-state index contributed by atoms with van der Waals surface area (Å²) in [6, 6.07) is 12.5. The molecule has 2 aromatic carbocycles. The molecule has 0 fully saturated rings. The lowest BCUT2D eigenvalue weighted by Gasteiger charge is -2.18. The largest absolute Gasteiger partial charge is 0.492 e. The Bertz CT molecular complexity index is 694. The molecule has 110 valence electrons. The summed E-state index contributed by atoms with van der Waals surface area (Å²) in [7, 11) is 0. The van der Waals surface area contributed by atoms with Crippen LogP contribution in [0.25, 0.3) is 0 Å². The molecule has 0 saturated carbocycles. The van der Waals surface area contributed by atoms with Crippen molar-refractivity contribution in [2.45, 2.75) is 31.6 Å². The zero-order valence-electron chi connectivity index (χ0n) is 12.4. The van der Waals surface area contributed by atoms with Crippen molar-refractivity contribution in [3.8, 4) is 5.75 Å². The van der Waals surface area contributed by atoms with Gasteiger partial charge >= 0.3 is 0 Å². The molecule has 0 saturated heterocycles. The van der Waals surface area contributed by atoms with Gasteiger partial charge in [-0.3, -0.25) is 0 Å². The predicted octanol–water partition coefficient (Wildman–Crippen LogP) is 5.76. The minimum Gasteiger partial charge on any atom is -0.492 e. The van der Waals surface area contributed by atoms with E-state index >= 15 is 0 Å². The van der Waals surface area contributed by atoms with Crippen LogP contribution in [0, 0.1) is 6.92 Å². The highest BCUT2D eigenvalue weighted by atomic mass is 79.9. The van der Waals surface area contributed by atoms with E-state index in [9.17, 15) is 0 Å². The first-order chi connectivity index (χ1) is 9.90. The molecule has 0 N–H and O–H groups in total. The van der Waals surface area contributed by atoms with Crippen molar-refractivity contribution in [2.24, 2.45) is 0 Å². The summed E-state index contributed by atoms with van der Waals surface area (Å²) < 4.78 is 6.84. The van der Waals surface area contributed by atoms with E-state index < -0.39 is 0 Å². The minimum absolute atomic E-state index is 0.0499. The Balaban J connectivity index is 2.03. The monoisotopic (exact) mass is 364 g/mol. The number of rotatable bonds is 2. The van der Waals surface area contributed by atoms with Crippen LogP contribution in [0.3, 0.4) is 0 Å². The van der Waals surface area contributed by atoms with E-state index in [0.29, 0.717) is 0 Å². The Morgan fingerprint density at radius 2 is 2.00 bits per heavy atom. The van der Waals surface area contributed by atoms with Crippen molar-refractivity contribution in [3.63, 3.8) is 0 Å². The number of ether oxygens (including phenoxy) is 1. The smallest absolute Gasteiger partial charge is 0.123 e. The van der Waals surface area contributed by atoms with Gasteiger partial charge in [-0.25, -0.2) is 0 Å². The maximum absolute atomic E-state index is 6.74. The van der Waals surface area contributed by atoms with Crippen LogP contribution in [0.1, 0.15) is 41.5 Å². The summed E-state index contributed by atoms with van der Waals surface area (Å²) in [5, 5.41) is -0.149. The Kier molecular flexibility index (Phi) is 3.79. The van der Waals surface area contributed by atoms with Crippen molar-refractivity contribution in [2.75, 3.05) is 6.61 Å². The zero-order valence-corrected chi connectivity index (χ0v) is 14.8. The van der Waals surface area contributed by atoms with Gasteiger partial charge in [0.2, 0.25) is 0 Å². The Labute approximate surface area is 139 Å². The molecule has 1 nitrogen and oxygen atoms in total. The van der Waals surface area contributed by atoms with Crippen LogP contribution in [-0.2, 0) is 5.41 Å². The van der Waals surface area contributed by atoms with Crippen molar-refractivity contribution < 1.29 is 4.74 Å². The summed E-state index contributed by atoms with van der Waals surface area (Å²) >= 11 is 10.3. The SMILES string of the molecule is Cc1c(Br)cccc1C(Cl)c1ccc2c(c1)C(C)(C)CO2. The van der Waals surface area contributed by atoms with Gasteiger partial charge in [-0.2, -0.15) is 0 Å². The van der Waals surface area contributed by atoms with Crippen LogP contribution in [-0.4, -0.2) is 6.61 Å². The van der Waals surface area contributed by atoms with E-state index in [1.165, 1.54) is 11.1 Å². The molecule has 2 aromatic rings. The van der Waals surface area contributed by atoms with Crippen molar-refractivity contribution in [3.05, 3.63) is 63.1 Å². The molecule has 0 radical (unpaired) electrons. The van der Waals surface area contributed by atoms with Gasteiger partial charge in [0.15, 0.2) is 0 Å². The molecule has 0 amide bonds. The number of benzene rings is 2. The van der Waals surface area contributed by atoms with Crippen LogP contribution in [0.4, 0.5) is 0 Å². The maximum atomic E-state index is 6.74. The highest BCUT2D eigenvalue weighted by Crippen LogP contribution is 2.42. The van der Waals surface area contributed by atoms with Gasteiger partial charge in [0.05, 0.1) is 12.0 Å².